The normalized spacial score (nSPS) is 18.0. The van der Waals surface area contributed by atoms with E-state index in [1.807, 2.05) is 21.3 Å². The number of aliphatic hydroxyl groups is 1. The Hall–Kier alpha value is -4.86. The smallest absolute Gasteiger partial charge is 0.414 e. The fourth-order valence-electron chi connectivity index (χ4n) is 5.75. The number of nitrogens with one attached hydrogen (secondary N) is 3. The second-order valence-electron chi connectivity index (χ2n) is 15.3. The van der Waals surface area contributed by atoms with E-state index in [9.17, 15) is 29.1 Å². The Labute approximate surface area is 351 Å². The highest BCUT2D eigenvalue weighted by Gasteiger charge is 2.55. The van der Waals surface area contributed by atoms with Crippen LogP contribution in [0.25, 0.3) is 11.2 Å². The lowest BCUT2D eigenvalue weighted by Crippen LogP contribution is -2.71. The molecule has 20 nitrogen and oxygen atoms in total. The Morgan fingerprint density at radius 3 is 2.54 bits per heavy atom. The first-order chi connectivity index (χ1) is 27.7. The lowest BCUT2D eigenvalue weighted by Gasteiger charge is -2.49. The third kappa shape index (κ3) is 11.9. The van der Waals surface area contributed by atoms with Crippen molar-refractivity contribution < 1.29 is 52.5 Å². The Kier molecular flexibility index (Phi) is 14.6. The van der Waals surface area contributed by atoms with E-state index in [1.165, 1.54) is 16.7 Å². The van der Waals surface area contributed by atoms with Crippen molar-refractivity contribution in [2.24, 2.45) is 5.16 Å². The number of carbonyl (C=O) groups excluding carboxylic acids is 5. The van der Waals surface area contributed by atoms with Crippen molar-refractivity contribution >= 4 is 90.9 Å². The Balaban J connectivity index is 1.30. The summed E-state index contributed by atoms with van der Waals surface area (Å²) in [6, 6.07) is 2.62. The van der Waals surface area contributed by atoms with Crippen molar-refractivity contribution in [1.82, 2.24) is 34.4 Å². The minimum absolute atomic E-state index is 0.0106. The topological polar surface area (TPSA) is 242 Å². The van der Waals surface area contributed by atoms with Crippen LogP contribution in [-0.4, -0.2) is 126 Å². The number of oxime groups is 1. The number of rotatable bonds is 15. The van der Waals surface area contributed by atoms with Gasteiger partial charge in [-0.3, -0.25) is 19.8 Å². The van der Waals surface area contributed by atoms with Crippen LogP contribution >= 0.6 is 31.3 Å². The molecule has 4 atom stereocenters. The molecule has 4 amide bonds. The summed E-state index contributed by atoms with van der Waals surface area (Å²) >= 11 is 2.13. The zero-order chi connectivity index (χ0) is 43.2. The monoisotopic (exact) mass is 873 g/mol. The first-order valence-corrected chi connectivity index (χ1v) is 22.0. The van der Waals surface area contributed by atoms with E-state index in [1.54, 1.807) is 67.7 Å². The number of ether oxygens (including phenoxy) is 2. The van der Waals surface area contributed by atoms with Crippen molar-refractivity contribution in [2.75, 3.05) is 30.9 Å². The van der Waals surface area contributed by atoms with E-state index < -0.39 is 66.7 Å². The molecule has 0 aromatic carbocycles. The van der Waals surface area contributed by atoms with E-state index in [2.05, 4.69) is 35.4 Å². The summed E-state index contributed by atoms with van der Waals surface area (Å²) in [4.78, 5) is 80.6. The molecule has 0 bridgehead atoms. The number of fused-ring (bicyclic) bond motifs is 2. The summed E-state index contributed by atoms with van der Waals surface area (Å²) in [6.07, 6.45) is 1.52. The quantitative estimate of drug-likeness (QED) is 0.0429. The van der Waals surface area contributed by atoms with Gasteiger partial charge in [-0.25, -0.2) is 19.0 Å². The number of hydrogen-bond acceptors (Lipinski definition) is 16. The number of hydrogen-bond donors (Lipinski definition) is 4. The van der Waals surface area contributed by atoms with Crippen LogP contribution in [0, 0.1) is 0 Å². The molecule has 5 rings (SSSR count). The molecule has 0 saturated carbocycles. The van der Waals surface area contributed by atoms with Crippen LogP contribution in [-0.2, 0) is 46.3 Å². The first kappa shape index (κ1) is 45.2. The van der Waals surface area contributed by atoms with Gasteiger partial charge in [0.2, 0.25) is 23.0 Å². The lowest BCUT2D eigenvalue weighted by molar-refractivity contribution is -0.664. The predicted octanol–water partition coefficient (Wildman–Crippen LogP) is 2.55. The van der Waals surface area contributed by atoms with E-state index >= 15 is 0 Å². The summed E-state index contributed by atoms with van der Waals surface area (Å²) in [6.45, 7) is 14.3. The van der Waals surface area contributed by atoms with Gasteiger partial charge in [-0.05, 0) is 78.7 Å². The molecule has 2 radical (unpaired) electrons. The highest BCUT2D eigenvalue weighted by Crippen LogP contribution is 2.42. The third-order valence-corrected chi connectivity index (χ3v) is 10.5. The summed E-state index contributed by atoms with van der Waals surface area (Å²) in [5.74, 6) is -2.04. The standard InChI is InChI=1S/C35H46BN10O10PS2/c1-9-53-42-22(25-40-31(59-43-25)41-33(52)55-35(5,6)7)27(48)39-23-28(49)46-24(30(50)56-57(8)36)19(17-58-29(23)46)16-44-13-10-11-21-26(44)38-18-45(21)14-12-20(47)15-37-32(51)54-34(2,3)4/h10-11,13,18,20,23,29,47H,9,12,14-17H2,1-8H3,(H2-,37,39,40,41,43,48,51,52)/p+1/b42-22+. The first-order valence-electron chi connectivity index (χ1n) is 18.4. The van der Waals surface area contributed by atoms with Gasteiger partial charge in [0.25, 0.3) is 11.8 Å². The highest BCUT2D eigenvalue weighted by molar-refractivity contribution is 8.00. The molecule has 1 fully saturated rings. The van der Waals surface area contributed by atoms with Crippen molar-refractivity contribution in [3.63, 3.8) is 0 Å². The minimum atomic E-state index is -1.64. The lowest BCUT2D eigenvalue weighted by atomic mass is 10.0. The van der Waals surface area contributed by atoms with Crippen LogP contribution in [0.15, 0.2) is 41.1 Å². The number of thioether (sulfide) groups is 1. The van der Waals surface area contributed by atoms with Crippen LogP contribution < -0.4 is 20.5 Å². The molecular weight excluding hydrogens is 826 g/mol. The molecule has 3 aromatic heterocycles. The van der Waals surface area contributed by atoms with E-state index in [4.69, 9.17) is 26.4 Å². The fourth-order valence-corrected chi connectivity index (χ4v) is 7.99. The minimum Gasteiger partial charge on any atom is -0.452 e. The van der Waals surface area contributed by atoms with Crippen LogP contribution in [0.4, 0.5) is 14.7 Å². The van der Waals surface area contributed by atoms with Crippen LogP contribution in [0.3, 0.4) is 0 Å². The van der Waals surface area contributed by atoms with Gasteiger partial charge in [-0.1, -0.05) is 5.16 Å². The van der Waals surface area contributed by atoms with Crippen molar-refractivity contribution in [2.45, 2.75) is 96.7 Å². The molecule has 24 heteroatoms. The van der Waals surface area contributed by atoms with Gasteiger partial charge >= 0.3 is 23.8 Å². The highest BCUT2D eigenvalue weighted by atomic mass is 32.2. The summed E-state index contributed by atoms with van der Waals surface area (Å²) in [5, 5.41) is 21.5. The van der Waals surface area contributed by atoms with Crippen molar-refractivity contribution in [3.8, 4) is 0 Å². The number of imidazole rings is 1. The number of aromatic nitrogens is 5. The maximum absolute atomic E-state index is 13.8. The van der Waals surface area contributed by atoms with Gasteiger partial charge in [0.15, 0.2) is 7.57 Å². The number of carbonyl (C=O) groups is 5. The number of β-lactam (4-membered cyclic amide) rings is 1. The van der Waals surface area contributed by atoms with Crippen LogP contribution in [0.5, 0.6) is 0 Å². The molecule has 3 aromatic rings. The Bertz CT molecular complexity index is 2130. The molecule has 59 heavy (non-hydrogen) atoms. The van der Waals surface area contributed by atoms with E-state index in [-0.39, 0.29) is 47.8 Å². The van der Waals surface area contributed by atoms with Gasteiger partial charge < -0.3 is 39.1 Å². The SMILES string of the molecule is [B]P(C)OC(=O)C1=C(C[n+]2cccc3c2ncn3CCC(O)CNC(=O)OC(C)(C)C)CSC2C(NC(=O)/C(=N/OCC)c3nsc(NC(=O)OC(C)(C)C)n3)C(=O)N12. The molecule has 4 unspecified atom stereocenters. The average Bonchev–Trinajstić information content (AvgIpc) is 3.77. The fraction of sp³-hybridized carbons (Fsp3) is 0.543. The summed E-state index contributed by atoms with van der Waals surface area (Å²) in [7, 11) is 4.26. The van der Waals surface area contributed by atoms with Crippen LogP contribution in [0.2, 0.25) is 0 Å². The number of alkyl carbamates (subject to hydrolysis) is 1. The zero-order valence-corrected chi connectivity index (χ0v) is 36.4. The zero-order valence-electron chi connectivity index (χ0n) is 33.9. The van der Waals surface area contributed by atoms with Gasteiger partial charge in [0, 0.05) is 44.0 Å². The number of amides is 4. The Morgan fingerprint density at radius 2 is 1.86 bits per heavy atom. The number of pyridine rings is 1. The molecule has 2 aliphatic rings. The van der Waals surface area contributed by atoms with Crippen molar-refractivity contribution in [1.29, 1.82) is 0 Å². The molecule has 0 spiro atoms. The third-order valence-electron chi connectivity index (χ3n) is 8.10. The van der Waals surface area contributed by atoms with Gasteiger partial charge in [0.1, 0.15) is 47.0 Å². The molecule has 4 N–H and O–H groups in total. The van der Waals surface area contributed by atoms with E-state index in [0.717, 1.165) is 17.0 Å². The second-order valence-corrected chi connectivity index (χ2v) is 18.4. The van der Waals surface area contributed by atoms with Gasteiger partial charge in [-0.2, -0.15) is 9.36 Å². The van der Waals surface area contributed by atoms with Crippen LogP contribution in [0.1, 0.15) is 60.7 Å². The van der Waals surface area contributed by atoms with Crippen molar-refractivity contribution in [3.05, 3.63) is 41.8 Å². The number of aliphatic hydroxyl groups excluding tert-OH is 1. The summed E-state index contributed by atoms with van der Waals surface area (Å²) in [5.41, 5.74) is 0.169. The van der Waals surface area contributed by atoms with E-state index in [0.29, 0.717) is 24.2 Å². The molecule has 316 valence electrons. The second kappa shape index (κ2) is 19.0. The summed E-state index contributed by atoms with van der Waals surface area (Å²) < 4.78 is 23.8. The molecule has 5 heterocycles. The van der Waals surface area contributed by atoms with Gasteiger partial charge in [-0.15, -0.1) is 11.8 Å². The number of aryl methyl sites for hydroxylation is 1. The maximum atomic E-state index is 13.8. The maximum Gasteiger partial charge on any atom is 0.414 e. The average molecular weight is 874 g/mol. The largest absolute Gasteiger partial charge is 0.452 e. The molecule has 0 aliphatic carbocycles. The molecule has 2 aliphatic heterocycles. The predicted molar refractivity (Wildman–Crippen MR) is 219 cm³/mol. The number of nitrogens with zero attached hydrogens (tertiary/aromatic N) is 7. The Morgan fingerprint density at radius 1 is 1.15 bits per heavy atom. The number of anilines is 1. The molecular formula is C35H47BN10O10PS2+. The molecule has 1 saturated heterocycles. The van der Waals surface area contributed by atoms with Gasteiger partial charge in [0.05, 0.1) is 12.3 Å².